The number of nitrogens with zero attached hydrogens (tertiary/aromatic N) is 1. The molecule has 23 heavy (non-hydrogen) atoms. The van der Waals surface area contributed by atoms with Crippen molar-refractivity contribution in [3.8, 4) is 11.3 Å². The Kier molecular flexibility index (Phi) is 4.59. The first kappa shape index (κ1) is 15.9. The molecule has 0 bridgehead atoms. The van der Waals surface area contributed by atoms with Crippen LogP contribution in [0.2, 0.25) is 0 Å². The molecule has 3 nitrogen and oxygen atoms in total. The Balaban J connectivity index is 1.79. The van der Waals surface area contributed by atoms with Gasteiger partial charge in [-0.2, -0.15) is 0 Å². The number of carbonyl (C=O) groups is 1. The largest absolute Gasteiger partial charge is 0.298 e. The number of benzene rings is 2. The zero-order valence-electron chi connectivity index (χ0n) is 12.8. The molecule has 0 aliphatic heterocycles. The third-order valence-corrected chi connectivity index (χ3v) is 4.87. The molecule has 0 atom stereocenters. The number of halogens is 1. The van der Waals surface area contributed by atoms with Gasteiger partial charge in [-0.05, 0) is 49.2 Å². The van der Waals surface area contributed by atoms with Gasteiger partial charge in [-0.3, -0.25) is 10.1 Å². The highest BCUT2D eigenvalue weighted by molar-refractivity contribution is 9.10. The van der Waals surface area contributed by atoms with Crippen molar-refractivity contribution in [3.63, 3.8) is 0 Å². The average molecular weight is 387 g/mol. The maximum atomic E-state index is 12.2. The number of hydrogen-bond donors (Lipinski definition) is 1. The van der Waals surface area contributed by atoms with Crippen molar-refractivity contribution in [2.45, 2.75) is 13.8 Å². The third kappa shape index (κ3) is 3.68. The second-order valence-corrected chi connectivity index (χ2v) is 7.08. The van der Waals surface area contributed by atoms with E-state index in [1.165, 1.54) is 22.5 Å². The molecule has 2 aromatic carbocycles. The van der Waals surface area contributed by atoms with Gasteiger partial charge in [0.05, 0.1) is 5.69 Å². The van der Waals surface area contributed by atoms with Gasteiger partial charge in [0, 0.05) is 21.0 Å². The fourth-order valence-corrected chi connectivity index (χ4v) is 3.28. The summed E-state index contributed by atoms with van der Waals surface area (Å²) in [6, 6.07) is 13.5. The van der Waals surface area contributed by atoms with Gasteiger partial charge in [0.2, 0.25) is 0 Å². The number of aryl methyl sites for hydroxylation is 2. The van der Waals surface area contributed by atoms with Crippen molar-refractivity contribution in [3.05, 3.63) is 69.0 Å². The molecule has 1 amide bonds. The first-order chi connectivity index (χ1) is 11.0. The van der Waals surface area contributed by atoms with E-state index in [2.05, 4.69) is 58.3 Å². The lowest BCUT2D eigenvalue weighted by Gasteiger charge is -2.03. The fourth-order valence-electron chi connectivity index (χ4n) is 2.16. The van der Waals surface area contributed by atoms with E-state index in [9.17, 15) is 4.79 Å². The number of carbonyl (C=O) groups excluding carboxylic acids is 1. The molecule has 0 radical (unpaired) electrons. The van der Waals surface area contributed by atoms with Gasteiger partial charge in [-0.25, -0.2) is 4.98 Å². The van der Waals surface area contributed by atoms with E-state index in [4.69, 9.17) is 0 Å². The predicted octanol–water partition coefficient (Wildman–Crippen LogP) is 5.44. The highest BCUT2D eigenvalue weighted by Crippen LogP contribution is 2.26. The molecule has 0 saturated carbocycles. The molecule has 0 aliphatic carbocycles. The second-order valence-electron chi connectivity index (χ2n) is 5.30. The van der Waals surface area contributed by atoms with E-state index >= 15 is 0 Å². The van der Waals surface area contributed by atoms with Gasteiger partial charge >= 0.3 is 0 Å². The Morgan fingerprint density at radius 1 is 1.13 bits per heavy atom. The van der Waals surface area contributed by atoms with Gasteiger partial charge in [0.15, 0.2) is 5.13 Å². The highest BCUT2D eigenvalue weighted by atomic mass is 79.9. The predicted molar refractivity (Wildman–Crippen MR) is 99.1 cm³/mol. The number of aromatic nitrogens is 1. The van der Waals surface area contributed by atoms with E-state index in [1.807, 2.05) is 17.5 Å². The summed E-state index contributed by atoms with van der Waals surface area (Å²) in [6.07, 6.45) is 0. The number of amides is 1. The summed E-state index contributed by atoms with van der Waals surface area (Å²) >= 11 is 4.80. The van der Waals surface area contributed by atoms with E-state index in [1.54, 1.807) is 12.1 Å². The standard InChI is InChI=1S/C18H15BrN2OS/c1-11-6-7-13(8-12(11)2)16-10-23-18(20-16)21-17(22)14-4-3-5-15(19)9-14/h3-10H,1-2H3,(H,20,21,22). The molecule has 0 fully saturated rings. The molecule has 0 saturated heterocycles. The van der Waals surface area contributed by atoms with Crippen LogP contribution in [0.5, 0.6) is 0 Å². The van der Waals surface area contributed by atoms with Gasteiger partial charge in [0.25, 0.3) is 5.91 Å². The molecular formula is C18H15BrN2OS. The van der Waals surface area contributed by atoms with Crippen molar-refractivity contribution >= 4 is 38.3 Å². The molecule has 0 aliphatic rings. The summed E-state index contributed by atoms with van der Waals surface area (Å²) in [5, 5.41) is 5.41. The molecule has 5 heteroatoms. The number of nitrogens with one attached hydrogen (secondary N) is 1. The Bertz CT molecular complexity index is 873. The summed E-state index contributed by atoms with van der Waals surface area (Å²) < 4.78 is 0.875. The summed E-state index contributed by atoms with van der Waals surface area (Å²) in [5.41, 5.74) is 5.03. The summed E-state index contributed by atoms with van der Waals surface area (Å²) in [7, 11) is 0. The van der Waals surface area contributed by atoms with Crippen LogP contribution in [-0.2, 0) is 0 Å². The monoisotopic (exact) mass is 386 g/mol. The lowest BCUT2D eigenvalue weighted by atomic mass is 10.1. The van der Waals surface area contributed by atoms with Gasteiger partial charge < -0.3 is 0 Å². The van der Waals surface area contributed by atoms with Crippen LogP contribution < -0.4 is 5.32 Å². The summed E-state index contributed by atoms with van der Waals surface area (Å²) in [6.45, 7) is 4.17. The van der Waals surface area contributed by atoms with Gasteiger partial charge in [-0.1, -0.05) is 34.1 Å². The minimum absolute atomic E-state index is 0.160. The van der Waals surface area contributed by atoms with Crippen LogP contribution in [0.25, 0.3) is 11.3 Å². The van der Waals surface area contributed by atoms with Crippen LogP contribution >= 0.6 is 27.3 Å². The Labute approximate surface area is 147 Å². The number of thiazole rings is 1. The van der Waals surface area contributed by atoms with Crippen LogP contribution in [0.3, 0.4) is 0 Å². The van der Waals surface area contributed by atoms with Gasteiger partial charge in [0.1, 0.15) is 0 Å². The Hall–Kier alpha value is -1.98. The normalized spacial score (nSPS) is 10.6. The average Bonchev–Trinajstić information content (AvgIpc) is 2.98. The van der Waals surface area contributed by atoms with Crippen LogP contribution in [0.1, 0.15) is 21.5 Å². The van der Waals surface area contributed by atoms with Gasteiger partial charge in [-0.15, -0.1) is 11.3 Å². The fraction of sp³-hybridized carbons (Fsp3) is 0.111. The zero-order chi connectivity index (χ0) is 16.4. The summed E-state index contributed by atoms with van der Waals surface area (Å²) in [5.74, 6) is -0.160. The molecule has 0 spiro atoms. The second kappa shape index (κ2) is 6.64. The minimum Gasteiger partial charge on any atom is -0.298 e. The third-order valence-electron chi connectivity index (χ3n) is 3.61. The minimum atomic E-state index is -0.160. The molecule has 116 valence electrons. The Morgan fingerprint density at radius 3 is 2.70 bits per heavy atom. The maximum absolute atomic E-state index is 12.2. The van der Waals surface area contributed by atoms with Crippen molar-refractivity contribution in [1.82, 2.24) is 4.98 Å². The van der Waals surface area contributed by atoms with Crippen LogP contribution in [0, 0.1) is 13.8 Å². The number of hydrogen-bond acceptors (Lipinski definition) is 3. The quantitative estimate of drug-likeness (QED) is 0.650. The number of rotatable bonds is 3. The molecule has 3 rings (SSSR count). The first-order valence-corrected chi connectivity index (χ1v) is 8.80. The van der Waals surface area contributed by atoms with Crippen molar-refractivity contribution in [1.29, 1.82) is 0 Å². The zero-order valence-corrected chi connectivity index (χ0v) is 15.2. The number of anilines is 1. The maximum Gasteiger partial charge on any atom is 0.257 e. The lowest BCUT2D eigenvalue weighted by molar-refractivity contribution is 0.102. The highest BCUT2D eigenvalue weighted by Gasteiger charge is 2.10. The van der Waals surface area contributed by atoms with E-state index in [0.29, 0.717) is 10.7 Å². The van der Waals surface area contributed by atoms with E-state index < -0.39 is 0 Å². The molecule has 0 unspecified atom stereocenters. The molecule has 1 N–H and O–H groups in total. The molecular weight excluding hydrogens is 372 g/mol. The van der Waals surface area contributed by atoms with E-state index in [0.717, 1.165) is 15.7 Å². The van der Waals surface area contributed by atoms with Crippen LogP contribution in [0.15, 0.2) is 52.3 Å². The SMILES string of the molecule is Cc1ccc(-c2csc(NC(=O)c3cccc(Br)c3)n2)cc1C. The van der Waals surface area contributed by atoms with E-state index in [-0.39, 0.29) is 5.91 Å². The van der Waals surface area contributed by atoms with Crippen molar-refractivity contribution in [2.24, 2.45) is 0 Å². The van der Waals surface area contributed by atoms with Crippen LogP contribution in [0.4, 0.5) is 5.13 Å². The topological polar surface area (TPSA) is 42.0 Å². The Morgan fingerprint density at radius 2 is 1.96 bits per heavy atom. The molecule has 1 heterocycles. The van der Waals surface area contributed by atoms with Crippen LogP contribution in [-0.4, -0.2) is 10.9 Å². The molecule has 3 aromatic rings. The molecule has 1 aromatic heterocycles. The summed E-state index contributed by atoms with van der Waals surface area (Å²) in [4.78, 5) is 16.8. The first-order valence-electron chi connectivity index (χ1n) is 7.13. The van der Waals surface area contributed by atoms with Crippen molar-refractivity contribution < 1.29 is 4.79 Å². The van der Waals surface area contributed by atoms with Crippen molar-refractivity contribution in [2.75, 3.05) is 5.32 Å². The lowest BCUT2D eigenvalue weighted by Crippen LogP contribution is -2.11. The smallest absolute Gasteiger partial charge is 0.257 e.